The Kier molecular flexibility index (Phi) is 4.28. The van der Waals surface area contributed by atoms with E-state index in [0.29, 0.717) is 19.5 Å². The number of nitrogens with zero attached hydrogens (tertiary/aromatic N) is 1. The first-order chi connectivity index (χ1) is 8.66. The summed E-state index contributed by atoms with van der Waals surface area (Å²) in [5.41, 5.74) is 6.79. The summed E-state index contributed by atoms with van der Waals surface area (Å²) in [5, 5.41) is 3.19. The summed E-state index contributed by atoms with van der Waals surface area (Å²) in [6, 6.07) is 5.56. The molecule has 1 aromatic carbocycles. The minimum Gasteiger partial charge on any atom is -0.339 e. The van der Waals surface area contributed by atoms with E-state index in [-0.39, 0.29) is 11.7 Å². The van der Waals surface area contributed by atoms with Gasteiger partial charge in [0.05, 0.1) is 6.04 Å². The molecule has 0 aromatic heterocycles. The average Bonchev–Trinajstić information content (AvgIpc) is 2.41. The highest BCUT2D eigenvalue weighted by Gasteiger charge is 2.22. The lowest BCUT2D eigenvalue weighted by atomic mass is 10.1. The van der Waals surface area contributed by atoms with E-state index in [9.17, 15) is 9.18 Å². The molecule has 1 aromatic rings. The van der Waals surface area contributed by atoms with Crippen molar-refractivity contribution in [1.29, 1.82) is 0 Å². The number of nitrogens with one attached hydrogen (secondary N) is 1. The Morgan fingerprint density at radius 1 is 1.33 bits per heavy atom. The Hall–Kier alpha value is -1.46. The van der Waals surface area contributed by atoms with Crippen LogP contribution >= 0.6 is 0 Å². The maximum absolute atomic E-state index is 12.8. The largest absolute Gasteiger partial charge is 0.339 e. The third kappa shape index (κ3) is 3.27. The van der Waals surface area contributed by atoms with Crippen molar-refractivity contribution >= 4 is 5.91 Å². The first-order valence-corrected chi connectivity index (χ1v) is 6.16. The number of carbonyl (C=O) groups excluding carboxylic acids is 1. The fraction of sp³-hybridized carbons (Fsp3) is 0.462. The van der Waals surface area contributed by atoms with Crippen LogP contribution in [0.2, 0.25) is 0 Å². The van der Waals surface area contributed by atoms with Crippen molar-refractivity contribution in [3.8, 4) is 0 Å². The van der Waals surface area contributed by atoms with Crippen molar-refractivity contribution in [2.75, 3.05) is 26.2 Å². The molecule has 0 saturated carbocycles. The van der Waals surface area contributed by atoms with Crippen molar-refractivity contribution in [2.45, 2.75) is 12.5 Å². The first kappa shape index (κ1) is 13.0. The molecule has 0 radical (unpaired) electrons. The van der Waals surface area contributed by atoms with Gasteiger partial charge in [-0.2, -0.15) is 0 Å². The molecule has 0 spiro atoms. The molecule has 1 fully saturated rings. The Morgan fingerprint density at radius 2 is 1.94 bits per heavy atom. The average molecular weight is 251 g/mol. The smallest absolute Gasteiger partial charge is 0.239 e. The number of halogens is 1. The number of rotatable bonds is 3. The summed E-state index contributed by atoms with van der Waals surface area (Å²) >= 11 is 0. The normalized spacial score (nSPS) is 17.6. The lowest BCUT2D eigenvalue weighted by Gasteiger charge is -2.29. The van der Waals surface area contributed by atoms with Crippen molar-refractivity contribution in [3.05, 3.63) is 35.6 Å². The maximum Gasteiger partial charge on any atom is 0.239 e. The van der Waals surface area contributed by atoms with Crippen LogP contribution in [0, 0.1) is 5.82 Å². The van der Waals surface area contributed by atoms with Crippen LogP contribution in [0.3, 0.4) is 0 Å². The van der Waals surface area contributed by atoms with Gasteiger partial charge in [-0.25, -0.2) is 4.39 Å². The predicted molar refractivity (Wildman–Crippen MR) is 67.5 cm³/mol. The molecule has 1 atom stereocenters. The maximum atomic E-state index is 12.8. The molecule has 1 aliphatic rings. The number of carbonyl (C=O) groups is 1. The van der Waals surface area contributed by atoms with Crippen molar-refractivity contribution in [2.24, 2.45) is 5.73 Å². The lowest BCUT2D eigenvalue weighted by molar-refractivity contribution is -0.133. The number of nitrogens with two attached hydrogens (primary N) is 1. The quantitative estimate of drug-likeness (QED) is 0.802. The summed E-state index contributed by atoms with van der Waals surface area (Å²) in [5.74, 6) is -0.304. The van der Waals surface area contributed by atoms with E-state index in [4.69, 9.17) is 5.73 Å². The second kappa shape index (κ2) is 5.93. The van der Waals surface area contributed by atoms with Crippen LogP contribution in [-0.2, 0) is 11.2 Å². The minimum absolute atomic E-state index is 0.0270. The van der Waals surface area contributed by atoms with E-state index in [0.717, 1.165) is 18.7 Å². The van der Waals surface area contributed by atoms with Crippen LogP contribution in [0.15, 0.2) is 24.3 Å². The molecule has 1 amide bonds. The number of hydrogen-bond acceptors (Lipinski definition) is 3. The summed E-state index contributed by atoms with van der Waals surface area (Å²) in [4.78, 5) is 13.9. The zero-order chi connectivity index (χ0) is 13.0. The number of piperazine rings is 1. The Labute approximate surface area is 106 Å². The van der Waals surface area contributed by atoms with E-state index >= 15 is 0 Å². The highest BCUT2D eigenvalue weighted by atomic mass is 19.1. The summed E-state index contributed by atoms with van der Waals surface area (Å²) < 4.78 is 12.8. The molecule has 18 heavy (non-hydrogen) atoms. The molecule has 98 valence electrons. The van der Waals surface area contributed by atoms with E-state index in [1.165, 1.54) is 12.1 Å². The molecule has 2 rings (SSSR count). The fourth-order valence-electron chi connectivity index (χ4n) is 2.08. The van der Waals surface area contributed by atoms with E-state index < -0.39 is 6.04 Å². The lowest BCUT2D eigenvalue weighted by Crippen LogP contribution is -2.52. The Balaban J connectivity index is 1.92. The minimum atomic E-state index is -0.548. The third-order valence-corrected chi connectivity index (χ3v) is 3.11. The number of hydrogen-bond donors (Lipinski definition) is 2. The van der Waals surface area contributed by atoms with Gasteiger partial charge in [0, 0.05) is 26.2 Å². The van der Waals surface area contributed by atoms with Gasteiger partial charge in [0.1, 0.15) is 5.82 Å². The monoisotopic (exact) mass is 251 g/mol. The molecular weight excluding hydrogens is 233 g/mol. The van der Waals surface area contributed by atoms with Crippen molar-refractivity contribution in [1.82, 2.24) is 10.2 Å². The Bertz CT molecular complexity index is 401. The molecule has 5 heteroatoms. The van der Waals surface area contributed by atoms with Gasteiger partial charge in [-0.05, 0) is 24.1 Å². The zero-order valence-corrected chi connectivity index (χ0v) is 10.2. The second-order valence-electron chi connectivity index (χ2n) is 4.51. The van der Waals surface area contributed by atoms with E-state index in [2.05, 4.69) is 5.32 Å². The van der Waals surface area contributed by atoms with Gasteiger partial charge in [0.15, 0.2) is 0 Å². The van der Waals surface area contributed by atoms with Gasteiger partial charge in [0.25, 0.3) is 0 Å². The second-order valence-corrected chi connectivity index (χ2v) is 4.51. The summed E-state index contributed by atoms with van der Waals surface area (Å²) in [7, 11) is 0. The van der Waals surface area contributed by atoms with Crippen LogP contribution in [0.5, 0.6) is 0 Å². The topological polar surface area (TPSA) is 58.4 Å². The molecule has 0 unspecified atom stereocenters. The highest BCUT2D eigenvalue weighted by molar-refractivity contribution is 5.82. The molecule has 4 nitrogen and oxygen atoms in total. The van der Waals surface area contributed by atoms with Crippen molar-refractivity contribution < 1.29 is 9.18 Å². The van der Waals surface area contributed by atoms with Gasteiger partial charge >= 0.3 is 0 Å². The SMILES string of the molecule is N[C@@H](Cc1ccc(F)cc1)C(=O)N1CCNCC1. The Morgan fingerprint density at radius 3 is 2.56 bits per heavy atom. The van der Waals surface area contributed by atoms with E-state index in [1.54, 1.807) is 17.0 Å². The van der Waals surface area contributed by atoms with Crippen LogP contribution in [-0.4, -0.2) is 43.0 Å². The third-order valence-electron chi connectivity index (χ3n) is 3.11. The van der Waals surface area contributed by atoms with Gasteiger partial charge < -0.3 is 16.0 Å². The number of benzene rings is 1. The zero-order valence-electron chi connectivity index (χ0n) is 10.2. The highest BCUT2D eigenvalue weighted by Crippen LogP contribution is 2.07. The van der Waals surface area contributed by atoms with Crippen LogP contribution < -0.4 is 11.1 Å². The molecule has 1 aliphatic heterocycles. The molecule has 3 N–H and O–H groups in total. The summed E-state index contributed by atoms with van der Waals surface area (Å²) in [6.07, 6.45) is 0.447. The molecule has 1 heterocycles. The van der Waals surface area contributed by atoms with Crippen LogP contribution in [0.1, 0.15) is 5.56 Å². The van der Waals surface area contributed by atoms with Gasteiger partial charge in [0.2, 0.25) is 5.91 Å². The van der Waals surface area contributed by atoms with Gasteiger partial charge in [-0.1, -0.05) is 12.1 Å². The van der Waals surface area contributed by atoms with Gasteiger partial charge in [-0.15, -0.1) is 0 Å². The standard InChI is InChI=1S/C13H18FN3O/c14-11-3-1-10(2-4-11)9-12(15)13(18)17-7-5-16-6-8-17/h1-4,12,16H,5-9,15H2/t12-/m0/s1. The molecule has 1 saturated heterocycles. The van der Waals surface area contributed by atoms with Crippen LogP contribution in [0.4, 0.5) is 4.39 Å². The summed E-state index contributed by atoms with van der Waals surface area (Å²) in [6.45, 7) is 3.04. The molecule has 0 aliphatic carbocycles. The van der Waals surface area contributed by atoms with E-state index in [1.807, 2.05) is 0 Å². The van der Waals surface area contributed by atoms with Crippen molar-refractivity contribution in [3.63, 3.8) is 0 Å². The molecular formula is C13H18FN3O. The molecule has 0 bridgehead atoms. The van der Waals surface area contributed by atoms with Crippen LogP contribution in [0.25, 0.3) is 0 Å². The fourth-order valence-corrected chi connectivity index (χ4v) is 2.08. The number of amides is 1. The van der Waals surface area contributed by atoms with Gasteiger partial charge in [-0.3, -0.25) is 4.79 Å². The first-order valence-electron chi connectivity index (χ1n) is 6.16. The predicted octanol–water partition coefficient (Wildman–Crippen LogP) is 0.127.